The second-order valence-electron chi connectivity index (χ2n) is 4.50. The van der Waals surface area contributed by atoms with Crippen molar-refractivity contribution in [3.05, 3.63) is 29.6 Å². The molecule has 1 aromatic rings. The minimum atomic E-state index is -0.0771. The summed E-state index contributed by atoms with van der Waals surface area (Å²) in [5.41, 5.74) is 1.37. The molecule has 0 spiro atoms. The molecule has 108 valence electrons. The quantitative estimate of drug-likeness (QED) is 0.896. The van der Waals surface area contributed by atoms with Gasteiger partial charge in [-0.2, -0.15) is 0 Å². The van der Waals surface area contributed by atoms with Crippen LogP contribution in [0.1, 0.15) is 35.4 Å². The van der Waals surface area contributed by atoms with Gasteiger partial charge in [-0.25, -0.2) is 4.98 Å². The molecule has 1 fully saturated rings. The summed E-state index contributed by atoms with van der Waals surface area (Å²) in [6.07, 6.45) is 3.47. The molecule has 1 saturated heterocycles. The summed E-state index contributed by atoms with van der Waals surface area (Å²) in [5, 5.41) is 6.32. The van der Waals surface area contributed by atoms with Gasteiger partial charge in [0, 0.05) is 18.3 Å². The van der Waals surface area contributed by atoms with Crippen LogP contribution in [0.5, 0.6) is 0 Å². The van der Waals surface area contributed by atoms with Crippen molar-refractivity contribution in [3.8, 4) is 0 Å². The highest BCUT2D eigenvalue weighted by molar-refractivity contribution is 5.92. The first-order valence-corrected chi connectivity index (χ1v) is 6.21. The summed E-state index contributed by atoms with van der Waals surface area (Å²) in [6, 6.07) is 6.06. The van der Waals surface area contributed by atoms with Crippen LogP contribution in [0.25, 0.3) is 0 Å². The molecule has 0 bridgehead atoms. The van der Waals surface area contributed by atoms with Crippen molar-refractivity contribution in [2.45, 2.75) is 32.2 Å². The smallest absolute Gasteiger partial charge is 0.269 e. The Balaban J connectivity index is 0.00000162. The second-order valence-corrected chi connectivity index (χ2v) is 4.50. The number of nitrogens with one attached hydrogen (secondary N) is 2. The van der Waals surface area contributed by atoms with Gasteiger partial charge in [-0.05, 0) is 44.9 Å². The topological polar surface area (TPSA) is 54.0 Å². The normalized spacial score (nSPS) is 17.2. The maximum Gasteiger partial charge on any atom is 0.269 e. The summed E-state index contributed by atoms with van der Waals surface area (Å²) >= 11 is 0. The van der Waals surface area contributed by atoms with Crippen LogP contribution in [0.2, 0.25) is 0 Å². The van der Waals surface area contributed by atoms with Gasteiger partial charge in [0.1, 0.15) is 5.69 Å². The van der Waals surface area contributed by atoms with E-state index in [1.165, 1.54) is 12.8 Å². The summed E-state index contributed by atoms with van der Waals surface area (Å²) < 4.78 is 0. The second kappa shape index (κ2) is 9.13. The van der Waals surface area contributed by atoms with E-state index in [1.54, 1.807) is 6.07 Å². The van der Waals surface area contributed by atoms with Gasteiger partial charge in [0.2, 0.25) is 0 Å². The fourth-order valence-corrected chi connectivity index (χ4v) is 2.12. The van der Waals surface area contributed by atoms with Crippen LogP contribution in [0, 0.1) is 6.92 Å². The molecule has 6 heteroatoms. The van der Waals surface area contributed by atoms with Crippen LogP contribution in [-0.4, -0.2) is 30.0 Å². The molecule has 1 atom stereocenters. The third-order valence-corrected chi connectivity index (χ3v) is 3.06. The van der Waals surface area contributed by atoms with Crippen molar-refractivity contribution in [1.29, 1.82) is 0 Å². The number of carbonyl (C=O) groups excluding carboxylic acids is 1. The monoisotopic (exact) mass is 305 g/mol. The third-order valence-electron chi connectivity index (χ3n) is 3.06. The van der Waals surface area contributed by atoms with Crippen molar-refractivity contribution in [3.63, 3.8) is 0 Å². The van der Waals surface area contributed by atoms with Gasteiger partial charge in [-0.1, -0.05) is 6.07 Å². The van der Waals surface area contributed by atoms with E-state index in [1.807, 2.05) is 19.1 Å². The molecule has 0 unspecified atom stereocenters. The number of hydrogen-bond donors (Lipinski definition) is 2. The first-order chi connectivity index (χ1) is 8.25. The standard InChI is InChI=1S/C13H19N3O.2ClH/c1-10-4-2-6-12(16-10)13(17)15-9-7-11-5-3-8-14-11;;/h2,4,6,11,14H,3,5,7-9H2,1H3,(H,15,17);2*1H/t11-;;/m1../s1. The number of amides is 1. The van der Waals surface area contributed by atoms with E-state index in [0.29, 0.717) is 18.3 Å². The molecule has 0 aliphatic carbocycles. The molecule has 2 N–H and O–H groups in total. The molecule has 2 heterocycles. The average Bonchev–Trinajstić information content (AvgIpc) is 2.82. The van der Waals surface area contributed by atoms with Gasteiger partial charge in [-0.15, -0.1) is 24.8 Å². The molecule has 0 radical (unpaired) electrons. The van der Waals surface area contributed by atoms with E-state index >= 15 is 0 Å². The lowest BCUT2D eigenvalue weighted by Gasteiger charge is -2.10. The predicted molar refractivity (Wildman–Crippen MR) is 81.4 cm³/mol. The molecule has 2 rings (SSSR count). The molecule has 1 aromatic heterocycles. The molecule has 0 aromatic carbocycles. The Morgan fingerprint density at radius 3 is 2.89 bits per heavy atom. The molecule has 1 aliphatic heterocycles. The van der Waals surface area contributed by atoms with E-state index < -0.39 is 0 Å². The van der Waals surface area contributed by atoms with Crippen LogP contribution in [0.3, 0.4) is 0 Å². The van der Waals surface area contributed by atoms with Crippen molar-refractivity contribution in [2.75, 3.05) is 13.1 Å². The molecule has 19 heavy (non-hydrogen) atoms. The number of rotatable bonds is 4. The zero-order chi connectivity index (χ0) is 12.1. The Bertz CT molecular complexity index is 395. The fraction of sp³-hybridized carbons (Fsp3) is 0.538. The Morgan fingerprint density at radius 2 is 2.26 bits per heavy atom. The van der Waals surface area contributed by atoms with Gasteiger partial charge in [0.15, 0.2) is 0 Å². The molecule has 0 saturated carbocycles. The minimum Gasteiger partial charge on any atom is -0.351 e. The maximum absolute atomic E-state index is 11.8. The van der Waals surface area contributed by atoms with Crippen LogP contribution in [0.15, 0.2) is 18.2 Å². The average molecular weight is 306 g/mol. The highest BCUT2D eigenvalue weighted by Crippen LogP contribution is 2.07. The number of carbonyl (C=O) groups is 1. The first kappa shape index (κ1) is 18.2. The van der Waals surface area contributed by atoms with Gasteiger partial charge < -0.3 is 10.6 Å². The van der Waals surface area contributed by atoms with Crippen LogP contribution in [-0.2, 0) is 0 Å². The third kappa shape index (κ3) is 5.76. The number of aryl methyl sites for hydroxylation is 1. The van der Waals surface area contributed by atoms with Gasteiger partial charge in [-0.3, -0.25) is 4.79 Å². The van der Waals surface area contributed by atoms with Gasteiger partial charge in [0.05, 0.1) is 0 Å². The molecule has 1 aliphatic rings. The van der Waals surface area contributed by atoms with Gasteiger partial charge in [0.25, 0.3) is 5.91 Å². The predicted octanol–water partition coefficient (Wildman–Crippen LogP) is 2.11. The maximum atomic E-state index is 11.8. The van der Waals surface area contributed by atoms with E-state index in [9.17, 15) is 4.79 Å². The fourth-order valence-electron chi connectivity index (χ4n) is 2.12. The van der Waals surface area contributed by atoms with E-state index in [0.717, 1.165) is 18.7 Å². The highest BCUT2D eigenvalue weighted by atomic mass is 35.5. The molecular formula is C13H21Cl2N3O. The van der Waals surface area contributed by atoms with E-state index in [-0.39, 0.29) is 30.7 Å². The molecular weight excluding hydrogens is 285 g/mol. The Morgan fingerprint density at radius 1 is 1.47 bits per heavy atom. The van der Waals surface area contributed by atoms with Crippen molar-refractivity contribution < 1.29 is 4.79 Å². The Labute approximate surface area is 126 Å². The number of halogens is 2. The zero-order valence-electron chi connectivity index (χ0n) is 11.0. The van der Waals surface area contributed by atoms with Crippen LogP contribution < -0.4 is 10.6 Å². The summed E-state index contributed by atoms with van der Waals surface area (Å²) in [7, 11) is 0. The summed E-state index contributed by atoms with van der Waals surface area (Å²) in [4.78, 5) is 16.0. The Kier molecular flexibility index (Phi) is 8.72. The number of nitrogens with zero attached hydrogens (tertiary/aromatic N) is 1. The van der Waals surface area contributed by atoms with Crippen molar-refractivity contribution in [1.82, 2.24) is 15.6 Å². The van der Waals surface area contributed by atoms with E-state index in [2.05, 4.69) is 15.6 Å². The number of pyridine rings is 1. The largest absolute Gasteiger partial charge is 0.351 e. The minimum absolute atomic E-state index is 0. The molecule has 4 nitrogen and oxygen atoms in total. The van der Waals surface area contributed by atoms with Crippen molar-refractivity contribution >= 4 is 30.7 Å². The molecule has 1 amide bonds. The SMILES string of the molecule is Cc1cccc(C(=O)NCC[C@H]2CCCN2)n1.Cl.Cl. The lowest BCUT2D eigenvalue weighted by atomic mass is 10.1. The number of aromatic nitrogens is 1. The first-order valence-electron chi connectivity index (χ1n) is 6.21. The number of hydrogen-bond acceptors (Lipinski definition) is 3. The highest BCUT2D eigenvalue weighted by Gasteiger charge is 2.14. The lowest BCUT2D eigenvalue weighted by molar-refractivity contribution is 0.0947. The lowest BCUT2D eigenvalue weighted by Crippen LogP contribution is -2.31. The van der Waals surface area contributed by atoms with Gasteiger partial charge >= 0.3 is 0 Å². The van der Waals surface area contributed by atoms with Crippen LogP contribution in [0.4, 0.5) is 0 Å². The zero-order valence-corrected chi connectivity index (χ0v) is 12.6. The van der Waals surface area contributed by atoms with Crippen LogP contribution >= 0.6 is 24.8 Å². The Hall–Kier alpha value is -0.840. The van der Waals surface area contributed by atoms with Crippen molar-refractivity contribution in [2.24, 2.45) is 0 Å². The van der Waals surface area contributed by atoms with E-state index in [4.69, 9.17) is 0 Å². The summed E-state index contributed by atoms with van der Waals surface area (Å²) in [6.45, 7) is 3.71. The summed E-state index contributed by atoms with van der Waals surface area (Å²) in [5.74, 6) is -0.0771.